The number of pyridine rings is 1. The van der Waals surface area contributed by atoms with Gasteiger partial charge in [0.1, 0.15) is 0 Å². The van der Waals surface area contributed by atoms with Crippen LogP contribution in [0.4, 0.5) is 0 Å². The van der Waals surface area contributed by atoms with Crippen LogP contribution >= 0.6 is 0 Å². The summed E-state index contributed by atoms with van der Waals surface area (Å²) in [7, 11) is 0. The van der Waals surface area contributed by atoms with Crippen molar-refractivity contribution in [2.75, 3.05) is 13.2 Å². The zero-order chi connectivity index (χ0) is 18.4. The maximum absolute atomic E-state index is 12.0. The molecule has 0 bridgehead atoms. The number of ether oxygens (including phenoxy) is 2. The smallest absolute Gasteiger partial charge is 0.336 e. The van der Waals surface area contributed by atoms with Crippen LogP contribution in [0.3, 0.4) is 0 Å². The van der Waals surface area contributed by atoms with E-state index in [1.54, 1.807) is 0 Å². The van der Waals surface area contributed by atoms with Crippen molar-refractivity contribution in [1.29, 1.82) is 0 Å². The highest BCUT2D eigenvalue weighted by molar-refractivity contribution is 6.04. The molecule has 0 amide bonds. The Kier molecular flexibility index (Phi) is 3.74. The molecule has 3 aromatic rings. The molecule has 1 aliphatic carbocycles. The quantitative estimate of drug-likeness (QED) is 0.761. The van der Waals surface area contributed by atoms with E-state index < -0.39 is 5.97 Å². The van der Waals surface area contributed by atoms with Gasteiger partial charge in [0.05, 0.1) is 29.9 Å². The summed E-state index contributed by atoms with van der Waals surface area (Å²) in [6, 6.07) is 5.74. The Labute approximate surface area is 154 Å². The highest BCUT2D eigenvalue weighted by Crippen LogP contribution is 2.34. The fourth-order valence-electron chi connectivity index (χ4n) is 3.90. The molecule has 2 aliphatic rings. The predicted octanol–water partition coefficient (Wildman–Crippen LogP) is 3.16. The van der Waals surface area contributed by atoms with E-state index in [9.17, 15) is 9.90 Å². The predicted molar refractivity (Wildman–Crippen MR) is 95.6 cm³/mol. The normalized spacial score (nSPS) is 15.6. The Balaban J connectivity index is 1.58. The molecule has 1 aliphatic heterocycles. The number of rotatable bonds is 3. The van der Waals surface area contributed by atoms with Gasteiger partial charge in [0, 0.05) is 18.5 Å². The number of nitrogens with zero attached hydrogens (tertiary/aromatic N) is 2. The van der Waals surface area contributed by atoms with Gasteiger partial charge in [-0.2, -0.15) is 0 Å². The molecule has 0 spiro atoms. The molecule has 1 N–H and O–H groups in total. The first-order valence-corrected chi connectivity index (χ1v) is 9.12. The van der Waals surface area contributed by atoms with Crippen LogP contribution in [0.15, 0.2) is 22.7 Å². The minimum absolute atomic E-state index is 0.290. The van der Waals surface area contributed by atoms with Gasteiger partial charge < -0.3 is 19.1 Å². The molecule has 5 rings (SSSR count). The molecule has 7 nitrogen and oxygen atoms in total. The lowest BCUT2D eigenvalue weighted by Crippen LogP contribution is -2.06. The molecule has 2 aromatic heterocycles. The number of hydrogen-bond donors (Lipinski definition) is 1. The fraction of sp³-hybridized carbons (Fsp3) is 0.350. The Morgan fingerprint density at radius 1 is 1.11 bits per heavy atom. The van der Waals surface area contributed by atoms with E-state index in [1.807, 2.05) is 18.2 Å². The van der Waals surface area contributed by atoms with E-state index in [0.717, 1.165) is 48.3 Å². The monoisotopic (exact) mass is 366 g/mol. The minimum atomic E-state index is -0.955. The third kappa shape index (κ3) is 2.70. The lowest BCUT2D eigenvalue weighted by atomic mass is 10.00. The summed E-state index contributed by atoms with van der Waals surface area (Å²) in [6.45, 7) is 1.25. The summed E-state index contributed by atoms with van der Waals surface area (Å²) in [5.74, 6) is 0.478. The molecule has 0 atom stereocenters. The summed E-state index contributed by atoms with van der Waals surface area (Å²) in [5, 5.41) is 14.5. The summed E-state index contributed by atoms with van der Waals surface area (Å²) in [4.78, 5) is 16.5. The third-order valence-electron chi connectivity index (χ3n) is 5.12. The number of carboxylic acids is 1. The van der Waals surface area contributed by atoms with Gasteiger partial charge in [0.25, 0.3) is 5.71 Å². The van der Waals surface area contributed by atoms with Gasteiger partial charge in [-0.3, -0.25) is 0 Å². The summed E-state index contributed by atoms with van der Waals surface area (Å²) >= 11 is 0. The van der Waals surface area contributed by atoms with E-state index in [2.05, 4.69) is 10.1 Å². The summed E-state index contributed by atoms with van der Waals surface area (Å²) in [6.07, 6.45) is 3.71. The molecule has 1 aromatic carbocycles. The van der Waals surface area contributed by atoms with Crippen molar-refractivity contribution in [3.05, 3.63) is 46.3 Å². The van der Waals surface area contributed by atoms with Crippen molar-refractivity contribution in [2.24, 2.45) is 0 Å². The first-order chi connectivity index (χ1) is 13.2. The van der Waals surface area contributed by atoms with Gasteiger partial charge in [0.15, 0.2) is 11.5 Å². The first-order valence-electron chi connectivity index (χ1n) is 9.12. The van der Waals surface area contributed by atoms with Gasteiger partial charge in [-0.05, 0) is 42.5 Å². The molecule has 7 heteroatoms. The number of carboxylic acid groups (broad SMARTS) is 1. The van der Waals surface area contributed by atoms with Crippen molar-refractivity contribution in [1.82, 2.24) is 10.1 Å². The Morgan fingerprint density at radius 2 is 1.96 bits per heavy atom. The van der Waals surface area contributed by atoms with Crippen LogP contribution in [0.25, 0.3) is 11.1 Å². The van der Waals surface area contributed by atoms with Crippen molar-refractivity contribution in [3.8, 4) is 11.5 Å². The molecule has 0 fully saturated rings. The highest BCUT2D eigenvalue weighted by atomic mass is 16.5. The second kappa shape index (κ2) is 6.26. The Morgan fingerprint density at radius 3 is 2.81 bits per heavy atom. The molecular formula is C20H18N2O5. The number of aryl methyl sites for hydroxylation is 1. The van der Waals surface area contributed by atoms with Crippen LogP contribution in [0.5, 0.6) is 11.5 Å². The highest BCUT2D eigenvalue weighted by Gasteiger charge is 2.28. The maximum atomic E-state index is 12.0. The van der Waals surface area contributed by atoms with Crippen LogP contribution < -0.4 is 9.47 Å². The largest absolute Gasteiger partial charge is 0.490 e. The molecule has 0 unspecified atom stereocenters. The molecule has 27 heavy (non-hydrogen) atoms. The molecule has 3 heterocycles. The maximum Gasteiger partial charge on any atom is 0.336 e. The zero-order valence-electron chi connectivity index (χ0n) is 14.7. The molecular weight excluding hydrogens is 348 g/mol. The minimum Gasteiger partial charge on any atom is -0.490 e. The molecule has 0 saturated heterocycles. The van der Waals surface area contributed by atoms with Crippen LogP contribution in [0.2, 0.25) is 0 Å². The standard InChI is InChI=1S/C20H18N2O5/c23-20(24)17-12-3-1-4-13(12)21-19-18(17)14(22-27-19)9-11-5-6-15-16(10-11)26-8-2-7-25-15/h5-6,10H,1-4,7-9H2,(H,23,24). The van der Waals surface area contributed by atoms with Crippen LogP contribution in [-0.2, 0) is 19.3 Å². The van der Waals surface area contributed by atoms with Crippen molar-refractivity contribution >= 4 is 17.1 Å². The number of aromatic carboxylic acids is 1. The third-order valence-corrected chi connectivity index (χ3v) is 5.12. The second-order valence-electron chi connectivity index (χ2n) is 6.89. The van der Waals surface area contributed by atoms with Gasteiger partial charge >= 0.3 is 5.97 Å². The van der Waals surface area contributed by atoms with Gasteiger partial charge in [-0.1, -0.05) is 11.2 Å². The molecule has 0 radical (unpaired) electrons. The van der Waals surface area contributed by atoms with E-state index in [-0.39, 0.29) is 5.56 Å². The van der Waals surface area contributed by atoms with Crippen LogP contribution in [-0.4, -0.2) is 34.4 Å². The van der Waals surface area contributed by atoms with Crippen LogP contribution in [0, 0.1) is 0 Å². The lowest BCUT2D eigenvalue weighted by Gasteiger charge is -2.09. The first kappa shape index (κ1) is 16.1. The zero-order valence-corrected chi connectivity index (χ0v) is 14.7. The topological polar surface area (TPSA) is 94.7 Å². The van der Waals surface area contributed by atoms with Crippen LogP contribution in [0.1, 0.15) is 45.7 Å². The second-order valence-corrected chi connectivity index (χ2v) is 6.89. The molecule has 138 valence electrons. The Hall–Kier alpha value is -3.09. The van der Waals surface area contributed by atoms with E-state index >= 15 is 0 Å². The summed E-state index contributed by atoms with van der Waals surface area (Å²) < 4.78 is 16.8. The number of benzene rings is 1. The van der Waals surface area contributed by atoms with E-state index in [0.29, 0.717) is 42.2 Å². The average molecular weight is 366 g/mol. The van der Waals surface area contributed by atoms with Crippen molar-refractivity contribution < 1.29 is 23.9 Å². The van der Waals surface area contributed by atoms with Crippen molar-refractivity contribution in [2.45, 2.75) is 32.1 Å². The summed E-state index contributed by atoms with van der Waals surface area (Å²) in [5.41, 5.74) is 3.76. The van der Waals surface area contributed by atoms with E-state index in [1.165, 1.54) is 0 Å². The fourth-order valence-corrected chi connectivity index (χ4v) is 3.90. The van der Waals surface area contributed by atoms with Crippen molar-refractivity contribution in [3.63, 3.8) is 0 Å². The molecule has 0 saturated carbocycles. The van der Waals surface area contributed by atoms with E-state index in [4.69, 9.17) is 14.0 Å². The SMILES string of the molecule is O=C(O)c1c2c(nc3onc(Cc4ccc5c(c4)OCCCO5)c13)CCC2. The van der Waals surface area contributed by atoms with Gasteiger partial charge in [-0.25, -0.2) is 9.78 Å². The lowest BCUT2D eigenvalue weighted by molar-refractivity contribution is 0.0697. The average Bonchev–Trinajstić information content (AvgIpc) is 3.20. The number of fused-ring (bicyclic) bond motifs is 3. The Bertz CT molecular complexity index is 1060. The number of aromatic nitrogens is 2. The van der Waals surface area contributed by atoms with Gasteiger partial charge in [0.2, 0.25) is 0 Å². The number of carbonyl (C=O) groups is 1. The van der Waals surface area contributed by atoms with Gasteiger partial charge in [-0.15, -0.1) is 0 Å². The number of hydrogen-bond acceptors (Lipinski definition) is 6.